The summed E-state index contributed by atoms with van der Waals surface area (Å²) in [7, 11) is -3.21. The monoisotopic (exact) mass is 478 g/mol. The summed E-state index contributed by atoms with van der Waals surface area (Å²) in [5.41, 5.74) is 0.840. The normalized spacial score (nSPS) is 23.0. The van der Waals surface area contributed by atoms with Gasteiger partial charge in [-0.2, -0.15) is 8.78 Å². The summed E-state index contributed by atoms with van der Waals surface area (Å²) in [6.07, 6.45) is 0.355. The van der Waals surface area contributed by atoms with Crippen LogP contribution in [0.2, 0.25) is 0 Å². The van der Waals surface area contributed by atoms with Crippen LogP contribution in [0.5, 0.6) is 5.75 Å². The highest BCUT2D eigenvalue weighted by atomic mass is 32.2. The minimum Gasteiger partial charge on any atom is -0.435 e. The van der Waals surface area contributed by atoms with Crippen LogP contribution < -0.4 is 15.0 Å². The van der Waals surface area contributed by atoms with Gasteiger partial charge in [0.15, 0.2) is 9.84 Å². The highest BCUT2D eigenvalue weighted by Gasteiger charge is 2.45. The Balaban J connectivity index is 1.64. The van der Waals surface area contributed by atoms with E-state index in [9.17, 15) is 26.8 Å². The fourth-order valence-corrected chi connectivity index (χ4v) is 6.00. The number of benzene rings is 2. The van der Waals surface area contributed by atoms with E-state index in [0.29, 0.717) is 28.9 Å². The van der Waals surface area contributed by atoms with Gasteiger partial charge in [-0.1, -0.05) is 6.07 Å². The van der Waals surface area contributed by atoms with Gasteiger partial charge < -0.3 is 10.1 Å². The minimum atomic E-state index is -3.21. The number of halogens is 2. The summed E-state index contributed by atoms with van der Waals surface area (Å²) in [6.45, 7) is 2.08. The maximum absolute atomic E-state index is 13.3. The maximum Gasteiger partial charge on any atom is 0.387 e. The van der Waals surface area contributed by atoms with E-state index < -0.39 is 39.1 Å². The molecule has 0 radical (unpaired) electrons. The van der Waals surface area contributed by atoms with Crippen molar-refractivity contribution in [2.24, 2.45) is 0 Å². The molecule has 2 aliphatic heterocycles. The highest BCUT2D eigenvalue weighted by molar-refractivity contribution is 7.92. The molecule has 0 saturated carbocycles. The van der Waals surface area contributed by atoms with Gasteiger partial charge in [0.05, 0.1) is 27.8 Å². The second-order valence-corrected chi connectivity index (χ2v) is 11.4. The molecule has 1 N–H and O–H groups in total. The number of nitrogens with zero attached hydrogens (tertiary/aromatic N) is 1. The summed E-state index contributed by atoms with van der Waals surface area (Å²) in [6, 6.07) is 10.2. The second kappa shape index (κ2) is 8.09. The van der Waals surface area contributed by atoms with Gasteiger partial charge in [0, 0.05) is 17.7 Å². The molecule has 176 valence electrons. The van der Waals surface area contributed by atoms with E-state index >= 15 is 0 Å². The molecule has 2 aromatic rings. The molecule has 2 aliphatic rings. The van der Waals surface area contributed by atoms with Gasteiger partial charge in [0.1, 0.15) is 5.75 Å². The molecule has 2 atom stereocenters. The summed E-state index contributed by atoms with van der Waals surface area (Å²) in [5.74, 6) is -0.862. The van der Waals surface area contributed by atoms with E-state index in [1.165, 1.54) is 23.1 Å². The standard InChI is InChI=1S/C23H24F2N2O5S/c1-13-9-15(12-33(13,30)31)26-20(28)14-7-8-19-18(10-14)23(2,3)21(29)27(19)16-5-4-6-17(11-16)32-22(24)25/h4-8,10-11,13,15,22H,9,12H2,1-3H3,(H,26,28)/t13-,15+/m1/s1. The Kier molecular flexibility index (Phi) is 5.68. The Morgan fingerprint density at radius 3 is 2.58 bits per heavy atom. The maximum atomic E-state index is 13.3. The summed E-state index contributed by atoms with van der Waals surface area (Å²) in [5, 5.41) is 2.27. The molecule has 0 aliphatic carbocycles. The Labute approximate surface area is 190 Å². The smallest absolute Gasteiger partial charge is 0.387 e. The number of ether oxygens (including phenoxy) is 1. The summed E-state index contributed by atoms with van der Waals surface area (Å²) in [4.78, 5) is 27.5. The molecule has 1 saturated heterocycles. The molecule has 0 bridgehead atoms. The highest BCUT2D eigenvalue weighted by Crippen LogP contribution is 2.46. The third-order valence-electron chi connectivity index (χ3n) is 6.21. The van der Waals surface area contributed by atoms with Crippen LogP contribution in [0.4, 0.5) is 20.2 Å². The zero-order valence-electron chi connectivity index (χ0n) is 18.3. The lowest BCUT2D eigenvalue weighted by atomic mass is 9.85. The van der Waals surface area contributed by atoms with Crippen LogP contribution in [0.15, 0.2) is 42.5 Å². The van der Waals surface area contributed by atoms with Crippen molar-refractivity contribution in [2.45, 2.75) is 50.5 Å². The zero-order chi connectivity index (χ0) is 24.1. The first kappa shape index (κ1) is 23.2. The molecule has 33 heavy (non-hydrogen) atoms. The summed E-state index contributed by atoms with van der Waals surface area (Å²) < 4.78 is 53.7. The lowest BCUT2D eigenvalue weighted by molar-refractivity contribution is -0.121. The first-order valence-corrected chi connectivity index (χ1v) is 12.2. The van der Waals surface area contributed by atoms with Gasteiger partial charge >= 0.3 is 6.61 Å². The Morgan fingerprint density at radius 1 is 1.21 bits per heavy atom. The SMILES string of the molecule is C[C@@H]1C[C@H](NC(=O)c2ccc3c(c2)C(C)(C)C(=O)N3c2cccc(OC(F)F)c2)CS1(=O)=O. The topological polar surface area (TPSA) is 92.8 Å². The molecule has 7 nitrogen and oxygen atoms in total. The third kappa shape index (κ3) is 4.19. The predicted molar refractivity (Wildman–Crippen MR) is 119 cm³/mol. The first-order chi connectivity index (χ1) is 15.4. The molecule has 0 unspecified atom stereocenters. The number of alkyl halides is 2. The molecular weight excluding hydrogens is 454 g/mol. The van der Waals surface area contributed by atoms with Crippen LogP contribution in [0.1, 0.15) is 43.1 Å². The zero-order valence-corrected chi connectivity index (χ0v) is 19.2. The molecular formula is C23H24F2N2O5S. The number of hydrogen-bond donors (Lipinski definition) is 1. The van der Waals surface area contributed by atoms with Crippen LogP contribution in [-0.2, 0) is 20.0 Å². The van der Waals surface area contributed by atoms with Crippen molar-refractivity contribution in [1.82, 2.24) is 5.32 Å². The van der Waals surface area contributed by atoms with Crippen LogP contribution in [0.25, 0.3) is 0 Å². The number of anilines is 2. The number of carbonyl (C=O) groups excluding carboxylic acids is 2. The fourth-order valence-electron chi connectivity index (χ4n) is 4.36. The number of fused-ring (bicyclic) bond motifs is 1. The van der Waals surface area contributed by atoms with Gasteiger partial charge in [0.25, 0.3) is 5.91 Å². The minimum absolute atomic E-state index is 0.0710. The lowest BCUT2D eigenvalue weighted by Crippen LogP contribution is -2.35. The number of rotatable bonds is 5. The third-order valence-corrected chi connectivity index (χ3v) is 8.50. The molecule has 10 heteroatoms. The van der Waals surface area contributed by atoms with Crippen LogP contribution in [0, 0.1) is 0 Å². The van der Waals surface area contributed by atoms with Crippen molar-refractivity contribution in [3.05, 3.63) is 53.6 Å². The van der Waals surface area contributed by atoms with Crippen LogP contribution >= 0.6 is 0 Å². The van der Waals surface area contributed by atoms with Crippen molar-refractivity contribution < 1.29 is 31.5 Å². The van der Waals surface area contributed by atoms with E-state index in [4.69, 9.17) is 0 Å². The van der Waals surface area contributed by atoms with Crippen molar-refractivity contribution in [2.75, 3.05) is 10.7 Å². The van der Waals surface area contributed by atoms with E-state index in [2.05, 4.69) is 10.1 Å². The van der Waals surface area contributed by atoms with Gasteiger partial charge in [-0.05, 0) is 63.1 Å². The van der Waals surface area contributed by atoms with E-state index in [-0.39, 0.29) is 17.4 Å². The van der Waals surface area contributed by atoms with Crippen molar-refractivity contribution in [1.29, 1.82) is 0 Å². The number of amides is 2. The van der Waals surface area contributed by atoms with Gasteiger partial charge in [-0.3, -0.25) is 14.5 Å². The average molecular weight is 479 g/mol. The van der Waals surface area contributed by atoms with E-state index in [0.717, 1.165) is 0 Å². The predicted octanol–water partition coefficient (Wildman–Crippen LogP) is 3.55. The molecule has 2 heterocycles. The van der Waals surface area contributed by atoms with E-state index in [1.807, 2.05) is 0 Å². The Bertz CT molecular complexity index is 1230. The largest absolute Gasteiger partial charge is 0.435 e. The number of nitrogens with one attached hydrogen (secondary N) is 1. The molecule has 1 fully saturated rings. The quantitative estimate of drug-likeness (QED) is 0.710. The van der Waals surface area contributed by atoms with Crippen molar-refractivity contribution >= 4 is 33.0 Å². The van der Waals surface area contributed by atoms with Crippen LogP contribution in [0.3, 0.4) is 0 Å². The second-order valence-electron chi connectivity index (χ2n) is 8.92. The number of hydrogen-bond acceptors (Lipinski definition) is 5. The summed E-state index contributed by atoms with van der Waals surface area (Å²) >= 11 is 0. The van der Waals surface area contributed by atoms with Gasteiger partial charge in [-0.15, -0.1) is 0 Å². The molecule has 2 aromatic carbocycles. The van der Waals surface area contributed by atoms with Gasteiger partial charge in [0.2, 0.25) is 5.91 Å². The average Bonchev–Trinajstić information content (AvgIpc) is 3.09. The number of carbonyl (C=O) groups is 2. The molecule has 0 aromatic heterocycles. The van der Waals surface area contributed by atoms with E-state index in [1.54, 1.807) is 45.0 Å². The van der Waals surface area contributed by atoms with Crippen molar-refractivity contribution in [3.8, 4) is 5.75 Å². The molecule has 2 amide bonds. The lowest BCUT2D eigenvalue weighted by Gasteiger charge is -2.21. The molecule has 0 spiro atoms. The molecule has 4 rings (SSSR count). The first-order valence-electron chi connectivity index (χ1n) is 10.5. The van der Waals surface area contributed by atoms with Crippen LogP contribution in [-0.4, -0.2) is 43.9 Å². The van der Waals surface area contributed by atoms with Crippen molar-refractivity contribution in [3.63, 3.8) is 0 Å². The Hall–Kier alpha value is -3.01. The fraction of sp³-hybridized carbons (Fsp3) is 0.391. The van der Waals surface area contributed by atoms with Gasteiger partial charge in [-0.25, -0.2) is 8.42 Å². The number of sulfone groups is 1. The Morgan fingerprint density at radius 2 is 1.94 bits per heavy atom.